The number of hydrogen-bond acceptors (Lipinski definition) is 2. The molecule has 0 heterocycles. The lowest BCUT2D eigenvalue weighted by atomic mass is 9.74. The van der Waals surface area contributed by atoms with Crippen LogP contribution in [-0.2, 0) is 0 Å². The fourth-order valence-corrected chi connectivity index (χ4v) is 2.58. The third-order valence-electron chi connectivity index (χ3n) is 3.46. The van der Waals surface area contributed by atoms with Crippen LogP contribution in [0.5, 0.6) is 0 Å². The Bertz CT molecular complexity index is 261. The van der Waals surface area contributed by atoms with Gasteiger partial charge in [-0.1, -0.05) is 27.7 Å². The Hall–Kier alpha value is -0.550. The highest BCUT2D eigenvalue weighted by Gasteiger charge is 2.44. The van der Waals surface area contributed by atoms with E-state index in [4.69, 9.17) is 0 Å². The van der Waals surface area contributed by atoms with Crippen LogP contribution in [0.2, 0.25) is 0 Å². The average molecular weight is 209 g/mol. The van der Waals surface area contributed by atoms with Gasteiger partial charge < -0.3 is 5.11 Å². The summed E-state index contributed by atoms with van der Waals surface area (Å²) in [5.74, 6) is 0.583. The van der Waals surface area contributed by atoms with Crippen LogP contribution < -0.4 is 0 Å². The Labute approximate surface area is 93.3 Å². The fraction of sp³-hybridized carbons (Fsp3) is 0.923. The van der Waals surface area contributed by atoms with Crippen molar-refractivity contribution in [1.82, 2.24) is 0 Å². The fourth-order valence-electron chi connectivity index (χ4n) is 2.58. The summed E-state index contributed by atoms with van der Waals surface area (Å²) < 4.78 is 0. The van der Waals surface area contributed by atoms with Gasteiger partial charge in [-0.15, -0.1) is 0 Å². The molecule has 0 saturated heterocycles. The molecule has 2 nitrogen and oxygen atoms in total. The van der Waals surface area contributed by atoms with Crippen molar-refractivity contribution < 1.29 is 5.11 Å². The molecular formula is C13H23NO. The molecule has 0 aromatic rings. The lowest BCUT2D eigenvalue weighted by Gasteiger charge is -2.32. The first kappa shape index (κ1) is 12.5. The molecule has 0 spiro atoms. The van der Waals surface area contributed by atoms with Gasteiger partial charge in [0.25, 0.3) is 0 Å². The molecule has 1 N–H and O–H groups in total. The summed E-state index contributed by atoms with van der Waals surface area (Å²) in [5.41, 5.74) is -0.373. The molecule has 1 aliphatic rings. The molecule has 1 aliphatic carbocycles. The molecule has 0 bridgehead atoms. The van der Waals surface area contributed by atoms with Crippen molar-refractivity contribution in [3.63, 3.8) is 0 Å². The summed E-state index contributed by atoms with van der Waals surface area (Å²) in [6, 6.07) is 2.38. The molecule has 3 unspecified atom stereocenters. The molecule has 0 aromatic carbocycles. The van der Waals surface area contributed by atoms with Crippen molar-refractivity contribution in [2.24, 2.45) is 16.7 Å². The zero-order valence-corrected chi connectivity index (χ0v) is 10.4. The zero-order chi connectivity index (χ0) is 11.7. The van der Waals surface area contributed by atoms with E-state index in [-0.39, 0.29) is 5.41 Å². The van der Waals surface area contributed by atoms with Crippen molar-refractivity contribution in [1.29, 1.82) is 5.26 Å². The Morgan fingerprint density at radius 2 is 2.13 bits per heavy atom. The maximum absolute atomic E-state index is 10.2. The number of hydrogen-bond donors (Lipinski definition) is 1. The monoisotopic (exact) mass is 209 g/mol. The number of nitrogens with zero attached hydrogens (tertiary/aromatic N) is 1. The molecule has 3 atom stereocenters. The number of aliphatic hydroxyl groups excluding tert-OH is 1. The standard InChI is InChI=1S/C13H23NO/c1-10-5-6-13(7-10,9-14)11(15)8-12(2,3)4/h10-11,15H,5-8H2,1-4H3. The van der Waals surface area contributed by atoms with E-state index < -0.39 is 11.5 Å². The van der Waals surface area contributed by atoms with Crippen molar-refractivity contribution in [3.8, 4) is 6.07 Å². The highest BCUT2D eigenvalue weighted by Crippen LogP contribution is 2.46. The second kappa shape index (κ2) is 4.14. The third kappa shape index (κ3) is 2.95. The Morgan fingerprint density at radius 1 is 1.53 bits per heavy atom. The van der Waals surface area contributed by atoms with Gasteiger partial charge >= 0.3 is 0 Å². The van der Waals surface area contributed by atoms with E-state index in [1.165, 1.54) is 0 Å². The molecule has 86 valence electrons. The predicted octanol–water partition coefficient (Wildman–Crippen LogP) is 3.11. The normalized spacial score (nSPS) is 33.7. The highest BCUT2D eigenvalue weighted by molar-refractivity contribution is 5.08. The smallest absolute Gasteiger partial charge is 0.0835 e. The van der Waals surface area contributed by atoms with Crippen LogP contribution in [0.4, 0.5) is 0 Å². The molecule has 0 aliphatic heterocycles. The largest absolute Gasteiger partial charge is 0.391 e. The van der Waals surface area contributed by atoms with Gasteiger partial charge in [0.2, 0.25) is 0 Å². The van der Waals surface area contributed by atoms with Gasteiger partial charge in [-0.2, -0.15) is 5.26 Å². The summed E-state index contributed by atoms with van der Waals surface area (Å²) in [7, 11) is 0. The predicted molar refractivity (Wildman–Crippen MR) is 61.1 cm³/mol. The Balaban J connectivity index is 2.72. The molecule has 0 radical (unpaired) electrons. The summed E-state index contributed by atoms with van der Waals surface area (Å²) in [5, 5.41) is 19.5. The molecule has 0 aromatic heterocycles. The topological polar surface area (TPSA) is 44.0 Å². The third-order valence-corrected chi connectivity index (χ3v) is 3.46. The summed E-state index contributed by atoms with van der Waals surface area (Å²) in [4.78, 5) is 0. The SMILES string of the molecule is CC1CCC(C#N)(C(O)CC(C)(C)C)C1. The molecule has 2 heteroatoms. The number of rotatable bonds is 2. The van der Waals surface area contributed by atoms with Gasteiger partial charge in [-0.25, -0.2) is 0 Å². The van der Waals surface area contributed by atoms with Gasteiger partial charge in [0, 0.05) is 0 Å². The van der Waals surface area contributed by atoms with E-state index in [9.17, 15) is 10.4 Å². The van der Waals surface area contributed by atoms with E-state index in [0.717, 1.165) is 19.3 Å². The van der Waals surface area contributed by atoms with Gasteiger partial charge in [0.1, 0.15) is 0 Å². The molecule has 1 saturated carbocycles. The van der Waals surface area contributed by atoms with Crippen LogP contribution in [0.1, 0.15) is 53.4 Å². The minimum atomic E-state index is -0.466. The second-order valence-corrected chi connectivity index (χ2v) is 6.40. The van der Waals surface area contributed by atoms with Crippen LogP contribution in [0.25, 0.3) is 0 Å². The van der Waals surface area contributed by atoms with Crippen molar-refractivity contribution >= 4 is 0 Å². The quantitative estimate of drug-likeness (QED) is 0.759. The Kier molecular flexibility index (Phi) is 3.45. The van der Waals surface area contributed by atoms with E-state index in [1.54, 1.807) is 0 Å². The lowest BCUT2D eigenvalue weighted by Crippen LogP contribution is -2.34. The minimum Gasteiger partial charge on any atom is -0.391 e. The van der Waals surface area contributed by atoms with Crippen molar-refractivity contribution in [3.05, 3.63) is 0 Å². The average Bonchev–Trinajstić information content (AvgIpc) is 2.45. The van der Waals surface area contributed by atoms with Crippen LogP contribution in [0.3, 0.4) is 0 Å². The summed E-state index contributed by atoms with van der Waals surface area (Å²) in [6.45, 7) is 8.50. The first-order valence-corrected chi connectivity index (χ1v) is 5.88. The maximum Gasteiger partial charge on any atom is 0.0835 e. The molecule has 15 heavy (non-hydrogen) atoms. The van der Waals surface area contributed by atoms with Crippen molar-refractivity contribution in [2.45, 2.75) is 59.5 Å². The molecule has 1 rings (SSSR count). The van der Waals surface area contributed by atoms with Gasteiger partial charge in [0.05, 0.1) is 17.6 Å². The van der Waals surface area contributed by atoms with E-state index in [0.29, 0.717) is 12.3 Å². The van der Waals surface area contributed by atoms with Crippen LogP contribution in [-0.4, -0.2) is 11.2 Å². The molecule has 1 fully saturated rings. The van der Waals surface area contributed by atoms with Crippen LogP contribution in [0.15, 0.2) is 0 Å². The van der Waals surface area contributed by atoms with E-state index in [2.05, 4.69) is 33.8 Å². The number of nitriles is 1. The number of aliphatic hydroxyl groups is 1. The van der Waals surface area contributed by atoms with Gasteiger partial charge in [0.15, 0.2) is 0 Å². The highest BCUT2D eigenvalue weighted by atomic mass is 16.3. The first-order chi connectivity index (χ1) is 6.79. The van der Waals surface area contributed by atoms with Gasteiger partial charge in [-0.05, 0) is 37.0 Å². The van der Waals surface area contributed by atoms with Crippen molar-refractivity contribution in [2.75, 3.05) is 0 Å². The summed E-state index contributed by atoms with van der Waals surface area (Å²) >= 11 is 0. The maximum atomic E-state index is 10.2. The van der Waals surface area contributed by atoms with Crippen LogP contribution >= 0.6 is 0 Å². The second-order valence-electron chi connectivity index (χ2n) is 6.40. The van der Waals surface area contributed by atoms with E-state index >= 15 is 0 Å². The Morgan fingerprint density at radius 3 is 2.47 bits per heavy atom. The minimum absolute atomic E-state index is 0.0924. The van der Waals surface area contributed by atoms with Gasteiger partial charge in [-0.3, -0.25) is 0 Å². The molecule has 0 amide bonds. The summed E-state index contributed by atoms with van der Waals surface area (Å²) in [6.07, 6.45) is 3.05. The van der Waals surface area contributed by atoms with E-state index in [1.807, 2.05) is 0 Å². The molecular weight excluding hydrogens is 186 g/mol. The lowest BCUT2D eigenvalue weighted by molar-refractivity contribution is 0.0306. The van der Waals surface area contributed by atoms with Crippen LogP contribution in [0, 0.1) is 28.1 Å². The first-order valence-electron chi connectivity index (χ1n) is 5.88. The zero-order valence-electron chi connectivity index (χ0n) is 10.4.